The SMILES string of the molecule is Cc1ccccc1C(=O)Nc1ccc(NC(=O)C(C)Oc2c(C)cccc2C)cc1. The van der Waals surface area contributed by atoms with Crippen LogP contribution in [0.15, 0.2) is 66.7 Å². The smallest absolute Gasteiger partial charge is 0.265 e. The van der Waals surface area contributed by atoms with Gasteiger partial charge < -0.3 is 15.4 Å². The van der Waals surface area contributed by atoms with Crippen molar-refractivity contribution in [2.75, 3.05) is 10.6 Å². The second-order valence-electron chi connectivity index (χ2n) is 7.32. The van der Waals surface area contributed by atoms with Gasteiger partial charge in [0.25, 0.3) is 11.8 Å². The van der Waals surface area contributed by atoms with E-state index in [0.717, 1.165) is 22.4 Å². The van der Waals surface area contributed by atoms with E-state index in [4.69, 9.17) is 4.74 Å². The van der Waals surface area contributed by atoms with Gasteiger partial charge in [0.15, 0.2) is 6.10 Å². The summed E-state index contributed by atoms with van der Waals surface area (Å²) >= 11 is 0. The third-order valence-electron chi connectivity index (χ3n) is 4.87. The second kappa shape index (κ2) is 9.27. The number of para-hydroxylation sites is 1. The third-order valence-corrected chi connectivity index (χ3v) is 4.87. The van der Waals surface area contributed by atoms with E-state index < -0.39 is 6.10 Å². The molecule has 154 valence electrons. The maximum atomic E-state index is 12.5. The highest BCUT2D eigenvalue weighted by Crippen LogP contribution is 2.24. The van der Waals surface area contributed by atoms with Crippen LogP contribution in [0.2, 0.25) is 0 Å². The van der Waals surface area contributed by atoms with Gasteiger partial charge in [-0.3, -0.25) is 9.59 Å². The Morgan fingerprint density at radius 1 is 0.733 bits per heavy atom. The molecule has 3 aromatic carbocycles. The summed E-state index contributed by atoms with van der Waals surface area (Å²) in [6.07, 6.45) is -0.648. The van der Waals surface area contributed by atoms with Crippen LogP contribution in [0.5, 0.6) is 5.75 Å². The first kappa shape index (κ1) is 21.1. The molecule has 0 aliphatic heterocycles. The fourth-order valence-corrected chi connectivity index (χ4v) is 3.12. The van der Waals surface area contributed by atoms with E-state index in [-0.39, 0.29) is 11.8 Å². The molecule has 0 fully saturated rings. The number of rotatable bonds is 6. The van der Waals surface area contributed by atoms with Crippen molar-refractivity contribution in [1.82, 2.24) is 0 Å². The molecular weight excluding hydrogens is 376 g/mol. The van der Waals surface area contributed by atoms with Crippen molar-refractivity contribution in [2.45, 2.75) is 33.8 Å². The van der Waals surface area contributed by atoms with Crippen LogP contribution in [0.4, 0.5) is 11.4 Å². The average Bonchev–Trinajstić information content (AvgIpc) is 2.72. The predicted molar refractivity (Wildman–Crippen MR) is 120 cm³/mol. The van der Waals surface area contributed by atoms with Gasteiger partial charge >= 0.3 is 0 Å². The molecular formula is C25H26N2O3. The fraction of sp³-hybridized carbons (Fsp3) is 0.200. The number of carbonyl (C=O) groups excluding carboxylic acids is 2. The third kappa shape index (κ3) is 5.06. The molecule has 5 heteroatoms. The summed E-state index contributed by atoms with van der Waals surface area (Å²) in [5.41, 5.74) is 4.81. The Labute approximate surface area is 177 Å². The lowest BCUT2D eigenvalue weighted by Gasteiger charge is -2.18. The average molecular weight is 402 g/mol. The molecule has 0 spiro atoms. The van der Waals surface area contributed by atoms with Crippen LogP contribution in [0.25, 0.3) is 0 Å². The Morgan fingerprint density at radius 2 is 1.27 bits per heavy atom. The lowest BCUT2D eigenvalue weighted by atomic mass is 10.1. The van der Waals surface area contributed by atoms with Crippen LogP contribution in [0.1, 0.15) is 34.0 Å². The number of hydrogen-bond acceptors (Lipinski definition) is 3. The van der Waals surface area contributed by atoms with Crippen molar-refractivity contribution in [2.24, 2.45) is 0 Å². The molecule has 0 aliphatic carbocycles. The quantitative estimate of drug-likeness (QED) is 0.590. The molecule has 1 unspecified atom stereocenters. The normalized spacial score (nSPS) is 11.5. The highest BCUT2D eigenvalue weighted by atomic mass is 16.5. The molecule has 0 radical (unpaired) electrons. The van der Waals surface area contributed by atoms with Gasteiger partial charge in [-0.05, 0) is 74.7 Å². The maximum absolute atomic E-state index is 12.5. The predicted octanol–water partition coefficient (Wildman–Crippen LogP) is 5.27. The van der Waals surface area contributed by atoms with Crippen LogP contribution in [0, 0.1) is 20.8 Å². The van der Waals surface area contributed by atoms with Crippen molar-refractivity contribution in [3.05, 3.63) is 89.0 Å². The molecule has 5 nitrogen and oxygen atoms in total. The first-order chi connectivity index (χ1) is 14.3. The minimum absolute atomic E-state index is 0.166. The fourth-order valence-electron chi connectivity index (χ4n) is 3.12. The zero-order valence-corrected chi connectivity index (χ0v) is 17.7. The summed E-state index contributed by atoms with van der Waals surface area (Å²) in [6.45, 7) is 7.53. The number of nitrogens with one attached hydrogen (secondary N) is 2. The Kier molecular flexibility index (Phi) is 6.52. The number of hydrogen-bond donors (Lipinski definition) is 2. The van der Waals surface area contributed by atoms with Crippen molar-refractivity contribution in [1.29, 1.82) is 0 Å². The van der Waals surface area contributed by atoms with Crippen LogP contribution in [-0.2, 0) is 4.79 Å². The highest BCUT2D eigenvalue weighted by molar-refractivity contribution is 6.05. The molecule has 3 aromatic rings. The summed E-state index contributed by atoms with van der Waals surface area (Å²) in [5, 5.41) is 5.72. The molecule has 1 atom stereocenters. The maximum Gasteiger partial charge on any atom is 0.265 e. The number of aryl methyl sites for hydroxylation is 3. The first-order valence-electron chi connectivity index (χ1n) is 9.86. The van der Waals surface area contributed by atoms with E-state index in [9.17, 15) is 9.59 Å². The van der Waals surface area contributed by atoms with Crippen molar-refractivity contribution in [3.63, 3.8) is 0 Å². The Morgan fingerprint density at radius 3 is 1.87 bits per heavy atom. The lowest BCUT2D eigenvalue weighted by molar-refractivity contribution is -0.122. The molecule has 0 aromatic heterocycles. The van der Waals surface area contributed by atoms with Gasteiger partial charge in [0.05, 0.1) is 0 Å². The Balaban J connectivity index is 1.60. The number of ether oxygens (including phenoxy) is 1. The monoisotopic (exact) mass is 402 g/mol. The molecule has 3 rings (SSSR count). The minimum atomic E-state index is -0.648. The second-order valence-corrected chi connectivity index (χ2v) is 7.32. The van der Waals surface area contributed by atoms with E-state index in [2.05, 4.69) is 10.6 Å². The van der Waals surface area contributed by atoms with E-state index in [1.165, 1.54) is 0 Å². The number of carbonyl (C=O) groups is 2. The molecule has 0 bridgehead atoms. The summed E-state index contributed by atoms with van der Waals surface area (Å²) < 4.78 is 5.88. The highest BCUT2D eigenvalue weighted by Gasteiger charge is 2.17. The van der Waals surface area contributed by atoms with E-state index in [1.807, 2.05) is 57.2 Å². The number of amides is 2. The Bertz CT molecular complexity index is 1040. The van der Waals surface area contributed by atoms with Crippen LogP contribution in [-0.4, -0.2) is 17.9 Å². The summed E-state index contributed by atoms with van der Waals surface area (Å²) in [5.74, 6) is 0.323. The van der Waals surface area contributed by atoms with Crippen molar-refractivity contribution < 1.29 is 14.3 Å². The molecule has 2 N–H and O–H groups in total. The van der Waals surface area contributed by atoms with Gasteiger partial charge in [-0.15, -0.1) is 0 Å². The molecule has 2 amide bonds. The zero-order valence-electron chi connectivity index (χ0n) is 17.7. The van der Waals surface area contributed by atoms with Gasteiger partial charge in [-0.1, -0.05) is 36.4 Å². The van der Waals surface area contributed by atoms with Gasteiger partial charge in [0.2, 0.25) is 0 Å². The standard InChI is InChI=1S/C25H26N2O3/c1-16-8-5-6-11-22(16)25(29)27-21-14-12-20(13-15-21)26-24(28)19(4)30-23-17(2)9-7-10-18(23)3/h5-15,19H,1-4H3,(H,26,28)(H,27,29). The van der Waals surface area contributed by atoms with Gasteiger partial charge in [0.1, 0.15) is 5.75 Å². The minimum Gasteiger partial charge on any atom is -0.480 e. The van der Waals surface area contributed by atoms with Crippen LogP contribution >= 0.6 is 0 Å². The van der Waals surface area contributed by atoms with Crippen molar-refractivity contribution >= 4 is 23.2 Å². The van der Waals surface area contributed by atoms with Crippen molar-refractivity contribution in [3.8, 4) is 5.75 Å². The zero-order chi connectivity index (χ0) is 21.7. The van der Waals surface area contributed by atoms with Gasteiger partial charge in [-0.2, -0.15) is 0 Å². The summed E-state index contributed by atoms with van der Waals surface area (Å²) in [4.78, 5) is 24.9. The van der Waals surface area contributed by atoms with Gasteiger partial charge in [0, 0.05) is 16.9 Å². The summed E-state index contributed by atoms with van der Waals surface area (Å²) in [6, 6.07) is 20.3. The molecule has 0 aliphatic rings. The largest absolute Gasteiger partial charge is 0.480 e. The number of benzene rings is 3. The summed E-state index contributed by atoms with van der Waals surface area (Å²) in [7, 11) is 0. The lowest BCUT2D eigenvalue weighted by Crippen LogP contribution is -2.30. The molecule has 0 heterocycles. The van der Waals surface area contributed by atoms with Crippen LogP contribution < -0.4 is 15.4 Å². The van der Waals surface area contributed by atoms with E-state index in [1.54, 1.807) is 37.3 Å². The topological polar surface area (TPSA) is 67.4 Å². The first-order valence-corrected chi connectivity index (χ1v) is 9.86. The molecule has 30 heavy (non-hydrogen) atoms. The molecule has 0 saturated carbocycles. The van der Waals surface area contributed by atoms with Gasteiger partial charge in [-0.25, -0.2) is 0 Å². The molecule has 0 saturated heterocycles. The van der Waals surface area contributed by atoms with Crippen LogP contribution in [0.3, 0.4) is 0 Å². The van der Waals surface area contributed by atoms with E-state index in [0.29, 0.717) is 16.9 Å². The Hall–Kier alpha value is -3.60. The number of anilines is 2. The van der Waals surface area contributed by atoms with E-state index >= 15 is 0 Å².